The van der Waals surface area contributed by atoms with Crippen LogP contribution >= 0.6 is 0 Å². The van der Waals surface area contributed by atoms with Crippen molar-refractivity contribution in [3.05, 3.63) is 29.8 Å². The van der Waals surface area contributed by atoms with Crippen molar-refractivity contribution in [1.29, 1.82) is 0 Å². The summed E-state index contributed by atoms with van der Waals surface area (Å²) in [6.07, 6.45) is 2.02. The van der Waals surface area contributed by atoms with E-state index in [0.29, 0.717) is 18.9 Å². The van der Waals surface area contributed by atoms with E-state index in [0.717, 1.165) is 18.6 Å². The van der Waals surface area contributed by atoms with Crippen LogP contribution in [-0.4, -0.2) is 26.2 Å². The number of rotatable bonds is 4. The average molecular weight is 305 g/mol. The van der Waals surface area contributed by atoms with Crippen molar-refractivity contribution < 1.29 is 22.3 Å². The lowest BCUT2D eigenvalue weighted by atomic mass is 9.86. The van der Waals surface area contributed by atoms with Crippen LogP contribution in [0.5, 0.6) is 0 Å². The molecule has 0 aromatic heterocycles. The highest BCUT2D eigenvalue weighted by Crippen LogP contribution is 2.38. The van der Waals surface area contributed by atoms with E-state index in [1.807, 2.05) is 0 Å². The summed E-state index contributed by atoms with van der Waals surface area (Å²) in [6, 6.07) is 1.81. The monoisotopic (exact) mass is 305 g/mol. The molecule has 4 nitrogen and oxygen atoms in total. The first-order valence-corrected chi connectivity index (χ1v) is 7.85. The lowest BCUT2D eigenvalue weighted by Crippen LogP contribution is -2.44. The van der Waals surface area contributed by atoms with E-state index in [4.69, 9.17) is 0 Å². The van der Waals surface area contributed by atoms with Gasteiger partial charge in [0, 0.05) is 18.1 Å². The summed E-state index contributed by atoms with van der Waals surface area (Å²) < 4.78 is 53.4. The van der Waals surface area contributed by atoms with Crippen LogP contribution in [0.2, 0.25) is 0 Å². The van der Waals surface area contributed by atoms with Gasteiger partial charge in [-0.25, -0.2) is 21.9 Å². The van der Waals surface area contributed by atoms with Gasteiger partial charge in [-0.3, -0.25) is 0 Å². The van der Waals surface area contributed by atoms with Gasteiger partial charge in [-0.2, -0.15) is 0 Å². The molecule has 20 heavy (non-hydrogen) atoms. The van der Waals surface area contributed by atoms with Crippen LogP contribution in [0.15, 0.2) is 23.1 Å². The van der Waals surface area contributed by atoms with E-state index in [2.05, 4.69) is 4.72 Å². The molecule has 2 atom stereocenters. The maximum atomic E-state index is 13.6. The van der Waals surface area contributed by atoms with Crippen molar-refractivity contribution in [2.75, 3.05) is 6.61 Å². The summed E-state index contributed by atoms with van der Waals surface area (Å²) in [6.45, 7) is 1.61. The topological polar surface area (TPSA) is 66.4 Å². The minimum absolute atomic E-state index is 0.161. The number of benzene rings is 1. The van der Waals surface area contributed by atoms with Crippen LogP contribution in [0.3, 0.4) is 0 Å². The molecule has 1 fully saturated rings. The Kier molecular flexibility index (Phi) is 4.13. The van der Waals surface area contributed by atoms with Crippen LogP contribution in [0.4, 0.5) is 8.78 Å². The minimum atomic E-state index is -4.15. The fourth-order valence-corrected chi connectivity index (χ4v) is 4.05. The molecular formula is C13H17F2NO3S. The van der Waals surface area contributed by atoms with Gasteiger partial charge in [0.15, 0.2) is 0 Å². The van der Waals surface area contributed by atoms with Gasteiger partial charge in [0.05, 0.1) is 0 Å². The van der Waals surface area contributed by atoms with Crippen molar-refractivity contribution in [3.63, 3.8) is 0 Å². The molecule has 1 aliphatic rings. The summed E-state index contributed by atoms with van der Waals surface area (Å²) in [7, 11) is -4.15. The molecule has 1 aliphatic carbocycles. The molecule has 0 amide bonds. The van der Waals surface area contributed by atoms with Crippen LogP contribution in [0.25, 0.3) is 0 Å². The highest BCUT2D eigenvalue weighted by Gasteiger charge is 2.41. The highest BCUT2D eigenvalue weighted by atomic mass is 32.2. The zero-order valence-corrected chi connectivity index (χ0v) is 11.9. The zero-order chi connectivity index (χ0) is 15.0. The normalized spacial score (nSPS) is 26.9. The van der Waals surface area contributed by atoms with Gasteiger partial charge >= 0.3 is 0 Å². The van der Waals surface area contributed by atoms with Crippen molar-refractivity contribution in [1.82, 2.24) is 4.72 Å². The molecule has 7 heteroatoms. The van der Waals surface area contributed by atoms with Gasteiger partial charge in [-0.1, -0.05) is 13.3 Å². The molecule has 0 spiro atoms. The number of aliphatic hydroxyl groups is 1. The Balaban J connectivity index is 2.30. The molecule has 1 saturated carbocycles. The predicted molar refractivity (Wildman–Crippen MR) is 69.5 cm³/mol. The van der Waals surface area contributed by atoms with Crippen molar-refractivity contribution in [2.24, 2.45) is 5.41 Å². The van der Waals surface area contributed by atoms with E-state index < -0.39 is 38.0 Å². The number of nitrogens with one attached hydrogen (secondary N) is 1. The highest BCUT2D eigenvalue weighted by molar-refractivity contribution is 7.89. The number of hydrogen-bond acceptors (Lipinski definition) is 3. The molecule has 0 heterocycles. The van der Waals surface area contributed by atoms with Crippen LogP contribution in [-0.2, 0) is 10.0 Å². The standard InChI is InChI=1S/C13H17F2NO3S/c1-13(8-17)6-2-3-12(13)16-20(18,19)11-7-9(14)4-5-10(11)15/h4-5,7,12,16-17H,2-3,6,8H2,1H3. The van der Waals surface area contributed by atoms with Crippen molar-refractivity contribution >= 4 is 10.0 Å². The second kappa shape index (κ2) is 5.38. The van der Waals surface area contributed by atoms with E-state index in [-0.39, 0.29) is 6.61 Å². The largest absolute Gasteiger partial charge is 0.396 e. The minimum Gasteiger partial charge on any atom is -0.396 e. The van der Waals surface area contributed by atoms with Gasteiger partial charge in [0.25, 0.3) is 0 Å². The molecule has 2 rings (SSSR count). The fraction of sp³-hybridized carbons (Fsp3) is 0.538. The van der Waals surface area contributed by atoms with Crippen molar-refractivity contribution in [3.8, 4) is 0 Å². The third-order valence-corrected chi connectivity index (χ3v) is 5.41. The average Bonchev–Trinajstić information content (AvgIpc) is 2.74. The lowest BCUT2D eigenvalue weighted by molar-refractivity contribution is 0.127. The first-order chi connectivity index (χ1) is 9.28. The molecule has 0 radical (unpaired) electrons. The van der Waals surface area contributed by atoms with Gasteiger partial charge < -0.3 is 5.11 Å². The summed E-state index contributed by atoms with van der Waals surface area (Å²) in [4.78, 5) is -0.704. The Bertz CT molecular complexity index is 606. The fourth-order valence-electron chi connectivity index (χ4n) is 2.56. The number of hydrogen-bond donors (Lipinski definition) is 2. The van der Waals surface area contributed by atoms with E-state index in [1.165, 1.54) is 0 Å². The predicted octanol–water partition coefficient (Wildman–Crippen LogP) is 1.79. The SMILES string of the molecule is CC1(CO)CCCC1NS(=O)(=O)c1cc(F)ccc1F. The summed E-state index contributed by atoms with van der Waals surface area (Å²) in [5.74, 6) is -1.81. The maximum Gasteiger partial charge on any atom is 0.243 e. The van der Waals surface area contributed by atoms with Crippen molar-refractivity contribution in [2.45, 2.75) is 37.1 Å². The Morgan fingerprint density at radius 2 is 2.15 bits per heavy atom. The Labute approximate surface area is 116 Å². The maximum absolute atomic E-state index is 13.6. The summed E-state index contributed by atoms with van der Waals surface area (Å²) in [5.41, 5.74) is -0.573. The quantitative estimate of drug-likeness (QED) is 0.891. The molecule has 0 bridgehead atoms. The van der Waals surface area contributed by atoms with Gasteiger partial charge in [-0.15, -0.1) is 0 Å². The second-order valence-electron chi connectivity index (χ2n) is 5.45. The second-order valence-corrected chi connectivity index (χ2v) is 7.14. The van der Waals surface area contributed by atoms with E-state index in [9.17, 15) is 22.3 Å². The Hall–Kier alpha value is -1.05. The summed E-state index contributed by atoms with van der Waals surface area (Å²) in [5, 5.41) is 9.39. The number of aliphatic hydroxyl groups excluding tert-OH is 1. The van der Waals surface area contributed by atoms with Crippen LogP contribution in [0, 0.1) is 17.0 Å². The smallest absolute Gasteiger partial charge is 0.243 e. The number of halogens is 2. The first kappa shape index (κ1) is 15.3. The lowest BCUT2D eigenvalue weighted by Gasteiger charge is -2.29. The van der Waals surface area contributed by atoms with Gasteiger partial charge in [0.2, 0.25) is 10.0 Å². The Morgan fingerprint density at radius 3 is 2.80 bits per heavy atom. The van der Waals surface area contributed by atoms with Crippen LogP contribution < -0.4 is 4.72 Å². The Morgan fingerprint density at radius 1 is 1.45 bits per heavy atom. The third kappa shape index (κ3) is 2.84. The molecule has 1 aromatic carbocycles. The third-order valence-electron chi connectivity index (χ3n) is 3.92. The van der Waals surface area contributed by atoms with E-state index in [1.54, 1.807) is 6.92 Å². The molecule has 0 saturated heterocycles. The molecule has 1 aromatic rings. The van der Waals surface area contributed by atoms with Gasteiger partial charge in [0.1, 0.15) is 16.5 Å². The summed E-state index contributed by atoms with van der Waals surface area (Å²) >= 11 is 0. The molecular weight excluding hydrogens is 288 g/mol. The number of sulfonamides is 1. The van der Waals surface area contributed by atoms with Gasteiger partial charge in [-0.05, 0) is 31.0 Å². The first-order valence-electron chi connectivity index (χ1n) is 6.37. The molecule has 112 valence electrons. The van der Waals surface area contributed by atoms with Crippen LogP contribution in [0.1, 0.15) is 26.2 Å². The molecule has 2 unspecified atom stereocenters. The zero-order valence-electron chi connectivity index (χ0n) is 11.1. The molecule has 2 N–H and O–H groups in total. The molecule has 0 aliphatic heterocycles. The van der Waals surface area contributed by atoms with E-state index >= 15 is 0 Å².